The molecule has 0 radical (unpaired) electrons. The minimum atomic E-state index is -0.892. The number of nitrogens with zero attached hydrogens (tertiary/aromatic N) is 3. The maximum absolute atomic E-state index is 14.6. The first kappa shape index (κ1) is 30.7. The van der Waals surface area contributed by atoms with Crippen molar-refractivity contribution in [2.75, 3.05) is 31.2 Å². The Morgan fingerprint density at radius 1 is 1.02 bits per heavy atom. The summed E-state index contributed by atoms with van der Waals surface area (Å²) in [6.07, 6.45) is 10.5. The van der Waals surface area contributed by atoms with Crippen LogP contribution in [0.15, 0.2) is 48.6 Å². The van der Waals surface area contributed by atoms with Crippen molar-refractivity contribution in [1.82, 2.24) is 9.80 Å². The smallest absolute Gasteiger partial charge is 0.247 e. The van der Waals surface area contributed by atoms with E-state index < -0.39 is 28.7 Å². The van der Waals surface area contributed by atoms with Crippen molar-refractivity contribution in [2.45, 2.75) is 82.0 Å². The Balaban J connectivity index is 1.58. The Labute approximate surface area is 254 Å². The van der Waals surface area contributed by atoms with E-state index >= 15 is 0 Å². The molecule has 1 spiro atoms. The molecule has 2 unspecified atom stereocenters. The first-order valence-electron chi connectivity index (χ1n) is 15.5. The summed E-state index contributed by atoms with van der Waals surface area (Å²) in [5, 5.41) is 10.3. The molecular formula is C33H45N3O5S. The highest BCUT2D eigenvalue weighted by Gasteiger charge is 2.71. The van der Waals surface area contributed by atoms with Crippen molar-refractivity contribution in [3.8, 4) is 5.75 Å². The van der Waals surface area contributed by atoms with E-state index in [1.165, 1.54) is 0 Å². The Bertz CT molecular complexity index is 1230. The van der Waals surface area contributed by atoms with E-state index in [0.717, 1.165) is 24.3 Å². The number of hydrogen-bond acceptors (Lipinski definition) is 6. The van der Waals surface area contributed by atoms with Crippen molar-refractivity contribution in [2.24, 2.45) is 17.8 Å². The molecule has 0 aromatic heterocycles. The highest BCUT2D eigenvalue weighted by atomic mass is 32.2. The van der Waals surface area contributed by atoms with Gasteiger partial charge in [-0.15, -0.1) is 11.8 Å². The number of benzene rings is 1. The predicted octanol–water partition coefficient (Wildman–Crippen LogP) is 4.28. The second kappa shape index (κ2) is 12.4. The summed E-state index contributed by atoms with van der Waals surface area (Å²) in [5.41, 5.74) is 0.749. The summed E-state index contributed by atoms with van der Waals surface area (Å²) in [5.74, 6) is -0.766. The average molecular weight is 596 g/mol. The number of anilines is 1. The van der Waals surface area contributed by atoms with Crippen molar-refractivity contribution in [1.29, 1.82) is 0 Å². The summed E-state index contributed by atoms with van der Waals surface area (Å²) < 4.78 is 4.71. The van der Waals surface area contributed by atoms with E-state index in [-0.39, 0.29) is 41.5 Å². The van der Waals surface area contributed by atoms with Gasteiger partial charge in [-0.25, -0.2) is 0 Å². The third kappa shape index (κ3) is 5.17. The van der Waals surface area contributed by atoms with Gasteiger partial charge in [0.25, 0.3) is 0 Å². The molecule has 4 aliphatic heterocycles. The van der Waals surface area contributed by atoms with Gasteiger partial charge >= 0.3 is 0 Å². The average Bonchev–Trinajstić information content (AvgIpc) is 3.28. The lowest BCUT2D eigenvalue weighted by molar-refractivity contribution is -0.147. The van der Waals surface area contributed by atoms with Crippen LogP contribution >= 0.6 is 11.8 Å². The number of carbonyl (C=O) groups excluding carboxylic acids is 3. The third-order valence-electron chi connectivity index (χ3n) is 9.17. The maximum Gasteiger partial charge on any atom is 0.247 e. The van der Waals surface area contributed by atoms with Crippen molar-refractivity contribution < 1.29 is 24.2 Å². The van der Waals surface area contributed by atoms with Crippen LogP contribution in [0.1, 0.15) is 53.9 Å². The first-order valence-corrected chi connectivity index (χ1v) is 16.4. The maximum atomic E-state index is 14.6. The fourth-order valence-corrected chi connectivity index (χ4v) is 9.39. The number of fused-ring (bicyclic) bond motifs is 2. The Hall–Kier alpha value is -2.78. The highest BCUT2D eigenvalue weighted by molar-refractivity contribution is 8.02. The van der Waals surface area contributed by atoms with Crippen molar-refractivity contribution >= 4 is 35.2 Å². The lowest BCUT2D eigenvalue weighted by Gasteiger charge is -2.40. The Morgan fingerprint density at radius 3 is 2.40 bits per heavy atom. The normalized spacial score (nSPS) is 30.3. The van der Waals surface area contributed by atoms with E-state index in [1.54, 1.807) is 21.6 Å². The van der Waals surface area contributed by atoms with Crippen LogP contribution in [-0.2, 0) is 14.4 Å². The zero-order valence-corrected chi connectivity index (χ0v) is 26.3. The molecule has 1 aromatic rings. The molecule has 2 fully saturated rings. The second-order valence-corrected chi connectivity index (χ2v) is 13.9. The summed E-state index contributed by atoms with van der Waals surface area (Å²) in [4.78, 5) is 49.0. The van der Waals surface area contributed by atoms with Crippen molar-refractivity contribution in [3.63, 3.8) is 0 Å². The molecule has 8 nitrogen and oxygen atoms in total. The van der Waals surface area contributed by atoms with E-state index in [9.17, 15) is 19.5 Å². The summed E-state index contributed by atoms with van der Waals surface area (Å²) in [6.45, 7) is 11.4. The lowest BCUT2D eigenvalue weighted by Crippen LogP contribution is -2.58. The van der Waals surface area contributed by atoms with Crippen LogP contribution in [0.2, 0.25) is 0 Å². The molecule has 7 atom stereocenters. The van der Waals surface area contributed by atoms with Crippen LogP contribution in [0.5, 0.6) is 5.75 Å². The van der Waals surface area contributed by atoms with Crippen LogP contribution in [-0.4, -0.2) is 87.1 Å². The number of thioether (sulfide) groups is 1. The summed E-state index contributed by atoms with van der Waals surface area (Å²) in [6, 6.07) is 6.22. The lowest BCUT2D eigenvalue weighted by atomic mass is 9.78. The Morgan fingerprint density at radius 2 is 1.76 bits per heavy atom. The van der Waals surface area contributed by atoms with Gasteiger partial charge in [-0.05, 0) is 56.9 Å². The SMILES string of the molecule is CCCC(C)N1CC=C[C@]23S[C@@H]4C=CCN(c5ccc(OCC)cc5)C(=O)[C@@H]4[C@H]2C(=O)N([C@@H](CO)CC(C)C)C3C1=O. The predicted molar refractivity (Wildman–Crippen MR) is 166 cm³/mol. The molecule has 9 heteroatoms. The Kier molecular flexibility index (Phi) is 9.09. The summed E-state index contributed by atoms with van der Waals surface area (Å²) in [7, 11) is 0. The largest absolute Gasteiger partial charge is 0.494 e. The summed E-state index contributed by atoms with van der Waals surface area (Å²) >= 11 is 1.59. The van der Waals surface area contributed by atoms with Gasteiger partial charge in [0.15, 0.2) is 0 Å². The zero-order chi connectivity index (χ0) is 30.2. The first-order chi connectivity index (χ1) is 20.2. The van der Waals surface area contributed by atoms with Crippen LogP contribution in [0.25, 0.3) is 0 Å². The fraction of sp³-hybridized carbons (Fsp3) is 0.606. The molecule has 5 rings (SSSR count). The number of carbonyl (C=O) groups is 3. The number of ether oxygens (including phenoxy) is 1. The molecule has 1 aromatic carbocycles. The molecule has 2 saturated heterocycles. The van der Waals surface area contributed by atoms with E-state index in [4.69, 9.17) is 4.74 Å². The van der Waals surface area contributed by atoms with E-state index in [2.05, 4.69) is 39.8 Å². The van der Waals surface area contributed by atoms with Crippen LogP contribution in [0.4, 0.5) is 5.69 Å². The van der Waals surface area contributed by atoms with Crippen LogP contribution in [0, 0.1) is 17.8 Å². The number of hydrogen-bond donors (Lipinski definition) is 1. The molecule has 0 bridgehead atoms. The van der Waals surface area contributed by atoms with Gasteiger partial charge in [-0.3, -0.25) is 14.4 Å². The van der Waals surface area contributed by atoms with Gasteiger partial charge in [0.05, 0.1) is 35.8 Å². The second-order valence-electron chi connectivity index (χ2n) is 12.4. The number of rotatable bonds is 10. The number of aliphatic hydroxyl groups excluding tert-OH is 1. The van der Waals surface area contributed by atoms with Gasteiger partial charge in [-0.1, -0.05) is 51.5 Å². The minimum Gasteiger partial charge on any atom is -0.494 e. The molecule has 1 N–H and O–H groups in total. The quantitative estimate of drug-likeness (QED) is 0.406. The van der Waals surface area contributed by atoms with Crippen LogP contribution in [0.3, 0.4) is 0 Å². The van der Waals surface area contributed by atoms with Crippen molar-refractivity contribution in [3.05, 3.63) is 48.6 Å². The van der Waals surface area contributed by atoms with Crippen LogP contribution < -0.4 is 9.64 Å². The molecule has 0 aliphatic carbocycles. The van der Waals surface area contributed by atoms with Gasteiger partial charge < -0.3 is 24.5 Å². The zero-order valence-electron chi connectivity index (χ0n) is 25.4. The highest BCUT2D eigenvalue weighted by Crippen LogP contribution is 2.61. The monoisotopic (exact) mass is 595 g/mol. The molecule has 42 heavy (non-hydrogen) atoms. The minimum absolute atomic E-state index is 0.0181. The molecule has 3 amide bonds. The van der Waals surface area contributed by atoms with Gasteiger partial charge in [0, 0.05) is 30.1 Å². The number of likely N-dealkylation sites (tertiary alicyclic amines) is 1. The third-order valence-corrected chi connectivity index (χ3v) is 10.9. The molecular weight excluding hydrogens is 550 g/mol. The van der Waals surface area contributed by atoms with Gasteiger partial charge in [-0.2, -0.15) is 0 Å². The molecule has 0 saturated carbocycles. The van der Waals surface area contributed by atoms with E-state index in [0.29, 0.717) is 26.1 Å². The molecule has 228 valence electrons. The molecule has 4 aliphatic rings. The van der Waals surface area contributed by atoms with E-state index in [1.807, 2.05) is 48.2 Å². The number of aliphatic hydroxyl groups is 1. The standard InChI is InChI=1S/C33H45N3O5S/c1-6-10-22(5)34-18-9-16-33-28(31(39)36(29(33)32(34)40)24(20-37)19-21(3)4)27-26(42-33)11-8-17-35(30(27)38)23-12-14-25(15-13-23)41-7-2/h8-9,11-16,21-22,24,26-29,37H,6-7,10,17-20H2,1-5H3/t22?,24-,26-,27+,28+,29?,33+/m1/s1. The fourth-order valence-electron chi connectivity index (χ4n) is 7.40. The topological polar surface area (TPSA) is 90.4 Å². The molecule has 4 heterocycles. The van der Waals surface area contributed by atoms with Gasteiger partial charge in [0.1, 0.15) is 11.8 Å². The number of amides is 3. The van der Waals surface area contributed by atoms with Gasteiger partial charge in [0.2, 0.25) is 17.7 Å².